The van der Waals surface area contributed by atoms with Crippen molar-refractivity contribution in [2.24, 2.45) is 0 Å². The summed E-state index contributed by atoms with van der Waals surface area (Å²) < 4.78 is 12.1. The van der Waals surface area contributed by atoms with Gasteiger partial charge in [0.25, 0.3) is 0 Å². The molecule has 2 aromatic rings. The Morgan fingerprint density at radius 3 is 2.65 bits per heavy atom. The molecule has 0 fully saturated rings. The van der Waals surface area contributed by atoms with Crippen molar-refractivity contribution in [1.29, 1.82) is 0 Å². The average Bonchev–Trinajstić information content (AvgIpc) is 2.59. The molecule has 0 aliphatic rings. The molecule has 26 heavy (non-hydrogen) atoms. The van der Waals surface area contributed by atoms with Gasteiger partial charge >= 0.3 is 5.97 Å². The predicted octanol–water partition coefficient (Wildman–Crippen LogP) is 4.91. The summed E-state index contributed by atoms with van der Waals surface area (Å²) in [7, 11) is 1.54. The minimum absolute atomic E-state index is 0.213. The van der Waals surface area contributed by atoms with Crippen LogP contribution in [0.15, 0.2) is 34.8 Å². The zero-order valence-corrected chi connectivity index (χ0v) is 17.3. The molecule has 0 bridgehead atoms. The lowest BCUT2D eigenvalue weighted by molar-refractivity contribution is -0.139. The number of benzene rings is 2. The summed E-state index contributed by atoms with van der Waals surface area (Å²) >= 11 is 15.6. The van der Waals surface area contributed by atoms with Gasteiger partial charge in [-0.25, -0.2) is 0 Å². The number of halogens is 3. The quantitative estimate of drug-likeness (QED) is 0.583. The Kier molecular flexibility index (Phi) is 7.58. The lowest BCUT2D eigenvalue weighted by atomic mass is 10.1. The van der Waals surface area contributed by atoms with Crippen molar-refractivity contribution in [3.63, 3.8) is 0 Å². The second-order valence-electron chi connectivity index (χ2n) is 5.52. The molecule has 8 heteroatoms. The Hall–Kier alpha value is -1.47. The van der Waals surface area contributed by atoms with Gasteiger partial charge in [0.15, 0.2) is 11.5 Å². The molecule has 140 valence electrons. The highest BCUT2D eigenvalue weighted by Crippen LogP contribution is 2.37. The number of rotatable bonds is 8. The van der Waals surface area contributed by atoms with Crippen LogP contribution in [0, 0.1) is 0 Å². The molecule has 0 heterocycles. The van der Waals surface area contributed by atoms with Crippen molar-refractivity contribution >= 4 is 45.1 Å². The Bertz CT molecular complexity index is 801. The number of hydrogen-bond donors (Lipinski definition) is 2. The third-order valence-electron chi connectivity index (χ3n) is 3.73. The third kappa shape index (κ3) is 5.27. The first-order valence-electron chi connectivity index (χ1n) is 7.71. The van der Waals surface area contributed by atoms with E-state index in [0.717, 1.165) is 15.6 Å². The summed E-state index contributed by atoms with van der Waals surface area (Å²) in [5.74, 6) is 0.121. The van der Waals surface area contributed by atoms with Crippen molar-refractivity contribution in [3.8, 4) is 11.5 Å². The number of methoxy groups -OCH3 is 1. The number of carbonyl (C=O) groups is 1. The SMILES string of the molecule is COc1ccc(Br)c(CNC(C)C(=O)O)c1OCc1ccc(Cl)cc1Cl. The fraction of sp³-hybridized carbons (Fsp3) is 0.278. The van der Waals surface area contributed by atoms with Gasteiger partial charge in [-0.3, -0.25) is 4.79 Å². The Balaban J connectivity index is 2.26. The van der Waals surface area contributed by atoms with E-state index in [4.69, 9.17) is 37.8 Å². The Morgan fingerprint density at radius 2 is 2.04 bits per heavy atom. The first kappa shape index (κ1) is 20.8. The van der Waals surface area contributed by atoms with Crippen molar-refractivity contribution in [1.82, 2.24) is 5.32 Å². The Labute approximate surface area is 170 Å². The number of aliphatic carboxylic acids is 1. The van der Waals surface area contributed by atoms with E-state index in [1.807, 2.05) is 6.07 Å². The lowest BCUT2D eigenvalue weighted by Gasteiger charge is -2.18. The van der Waals surface area contributed by atoms with E-state index in [9.17, 15) is 4.79 Å². The summed E-state index contributed by atoms with van der Waals surface area (Å²) in [5, 5.41) is 13.0. The maximum atomic E-state index is 11.0. The fourth-order valence-electron chi connectivity index (χ4n) is 2.20. The number of ether oxygens (including phenoxy) is 2. The molecule has 2 aromatic carbocycles. The van der Waals surface area contributed by atoms with Crippen LogP contribution < -0.4 is 14.8 Å². The van der Waals surface area contributed by atoms with E-state index in [0.29, 0.717) is 21.5 Å². The number of hydrogen-bond acceptors (Lipinski definition) is 4. The molecule has 0 aliphatic heterocycles. The highest BCUT2D eigenvalue weighted by molar-refractivity contribution is 9.10. The van der Waals surface area contributed by atoms with Crippen molar-refractivity contribution in [3.05, 3.63) is 56.0 Å². The predicted molar refractivity (Wildman–Crippen MR) is 105 cm³/mol. The maximum absolute atomic E-state index is 11.0. The van der Waals surface area contributed by atoms with Gasteiger partial charge in [0.2, 0.25) is 0 Å². The van der Waals surface area contributed by atoms with E-state index < -0.39 is 12.0 Å². The van der Waals surface area contributed by atoms with Gasteiger partial charge in [-0.15, -0.1) is 0 Å². The largest absolute Gasteiger partial charge is 0.493 e. The van der Waals surface area contributed by atoms with Crippen LogP contribution >= 0.6 is 39.1 Å². The van der Waals surface area contributed by atoms with E-state index in [-0.39, 0.29) is 13.2 Å². The van der Waals surface area contributed by atoms with Crippen LogP contribution in [-0.2, 0) is 17.9 Å². The first-order valence-corrected chi connectivity index (χ1v) is 9.26. The van der Waals surface area contributed by atoms with Crippen molar-refractivity contribution < 1.29 is 19.4 Å². The van der Waals surface area contributed by atoms with Crippen LogP contribution in [0.2, 0.25) is 10.0 Å². The van der Waals surface area contributed by atoms with E-state index in [1.54, 1.807) is 38.3 Å². The lowest BCUT2D eigenvalue weighted by Crippen LogP contribution is -2.33. The first-order chi connectivity index (χ1) is 12.3. The smallest absolute Gasteiger partial charge is 0.320 e. The topological polar surface area (TPSA) is 67.8 Å². The van der Waals surface area contributed by atoms with Gasteiger partial charge in [0.1, 0.15) is 12.6 Å². The van der Waals surface area contributed by atoms with Crippen LogP contribution in [0.5, 0.6) is 11.5 Å². The second kappa shape index (κ2) is 9.46. The summed E-state index contributed by atoms with van der Waals surface area (Å²) in [4.78, 5) is 11.0. The molecule has 5 nitrogen and oxygen atoms in total. The zero-order valence-electron chi connectivity index (χ0n) is 14.2. The minimum Gasteiger partial charge on any atom is -0.493 e. The molecule has 1 unspecified atom stereocenters. The third-order valence-corrected chi connectivity index (χ3v) is 5.06. The second-order valence-corrected chi connectivity index (χ2v) is 7.22. The summed E-state index contributed by atoms with van der Waals surface area (Å²) in [6, 6.07) is 8.07. The van der Waals surface area contributed by atoms with E-state index in [2.05, 4.69) is 21.2 Å². The monoisotopic (exact) mass is 461 g/mol. The average molecular weight is 463 g/mol. The molecular formula is C18H18BrCl2NO4. The fourth-order valence-corrected chi connectivity index (χ4v) is 3.11. The standard InChI is InChI=1S/C18H18BrCl2NO4/c1-10(18(23)24)22-8-13-14(19)5-6-16(25-2)17(13)26-9-11-3-4-12(20)7-15(11)21/h3-7,10,22H,8-9H2,1-2H3,(H,23,24). The highest BCUT2D eigenvalue weighted by atomic mass is 79.9. The molecule has 0 saturated heterocycles. The van der Waals surface area contributed by atoms with Gasteiger partial charge in [0.05, 0.1) is 7.11 Å². The summed E-state index contributed by atoms with van der Waals surface area (Å²) in [5.41, 5.74) is 1.53. The van der Waals surface area contributed by atoms with Gasteiger partial charge in [-0.1, -0.05) is 45.2 Å². The van der Waals surface area contributed by atoms with Crippen LogP contribution in [0.25, 0.3) is 0 Å². The van der Waals surface area contributed by atoms with Gasteiger partial charge in [0, 0.05) is 32.2 Å². The molecule has 0 amide bonds. The highest BCUT2D eigenvalue weighted by Gasteiger charge is 2.18. The molecule has 0 aliphatic carbocycles. The van der Waals surface area contributed by atoms with Crippen LogP contribution in [0.1, 0.15) is 18.1 Å². The van der Waals surface area contributed by atoms with Crippen LogP contribution in [0.4, 0.5) is 0 Å². The summed E-state index contributed by atoms with van der Waals surface area (Å²) in [6.45, 7) is 2.07. The molecule has 0 radical (unpaired) electrons. The van der Waals surface area contributed by atoms with E-state index in [1.165, 1.54) is 0 Å². The molecule has 0 spiro atoms. The minimum atomic E-state index is -0.931. The summed E-state index contributed by atoms with van der Waals surface area (Å²) in [6.07, 6.45) is 0. The van der Waals surface area contributed by atoms with E-state index >= 15 is 0 Å². The number of carboxylic acids is 1. The number of carboxylic acid groups (broad SMARTS) is 1. The van der Waals surface area contributed by atoms with Crippen molar-refractivity contribution in [2.45, 2.75) is 26.1 Å². The zero-order chi connectivity index (χ0) is 19.3. The molecule has 0 aromatic heterocycles. The molecule has 0 saturated carbocycles. The number of nitrogens with one attached hydrogen (secondary N) is 1. The Morgan fingerprint density at radius 1 is 1.31 bits per heavy atom. The molecular weight excluding hydrogens is 445 g/mol. The van der Waals surface area contributed by atoms with Gasteiger partial charge < -0.3 is 19.9 Å². The molecule has 2 rings (SSSR count). The van der Waals surface area contributed by atoms with Gasteiger partial charge in [-0.05, 0) is 31.2 Å². The normalized spacial score (nSPS) is 11.9. The van der Waals surface area contributed by atoms with Gasteiger partial charge in [-0.2, -0.15) is 0 Å². The van der Waals surface area contributed by atoms with Crippen molar-refractivity contribution in [2.75, 3.05) is 7.11 Å². The molecule has 1 atom stereocenters. The molecule has 2 N–H and O–H groups in total. The maximum Gasteiger partial charge on any atom is 0.320 e. The van der Waals surface area contributed by atoms with Crippen LogP contribution in [-0.4, -0.2) is 24.2 Å². The van der Waals surface area contributed by atoms with Crippen LogP contribution in [0.3, 0.4) is 0 Å².